The van der Waals surface area contributed by atoms with Crippen molar-refractivity contribution in [1.29, 1.82) is 0 Å². The smallest absolute Gasteiger partial charge is 0.427 e. The molecule has 11 heavy (non-hydrogen) atoms. The summed E-state index contributed by atoms with van der Waals surface area (Å²) in [4.78, 5) is 12.0. The molecule has 64 valence electrons. The quantitative estimate of drug-likeness (QED) is 0.370. The van der Waals surface area contributed by atoms with Crippen LogP contribution in [0, 0.1) is 0 Å². The highest BCUT2D eigenvalue weighted by Gasteiger charge is 2.04. The van der Waals surface area contributed by atoms with E-state index in [0.29, 0.717) is 6.54 Å². The van der Waals surface area contributed by atoms with Crippen LogP contribution in [0.1, 0.15) is 6.92 Å². The summed E-state index contributed by atoms with van der Waals surface area (Å²) in [5.74, 6) is 0. The molecule has 5 heteroatoms. The summed E-state index contributed by atoms with van der Waals surface area (Å²) in [7, 11) is 3.55. The third-order valence-electron chi connectivity index (χ3n) is 0.942. The van der Waals surface area contributed by atoms with Gasteiger partial charge in [0.15, 0.2) is 0 Å². The van der Waals surface area contributed by atoms with Crippen molar-refractivity contribution in [2.24, 2.45) is 5.10 Å². The number of hydrogen-bond donors (Lipinski definition) is 1. The summed E-state index contributed by atoms with van der Waals surface area (Å²) in [5.41, 5.74) is 0. The molecule has 0 aromatic carbocycles. The van der Waals surface area contributed by atoms with Crippen molar-refractivity contribution in [3.63, 3.8) is 0 Å². The Kier molecular flexibility index (Phi) is 4.02. The Bertz CT molecular complexity index is 156. The highest BCUT2D eigenvalue weighted by molar-refractivity contribution is 5.66. The number of carboxylic acid groups (broad SMARTS) is 1. The molecule has 1 N–H and O–H groups in total. The Hall–Kier alpha value is -1.26. The molecule has 0 aliphatic rings. The maximum Gasteiger partial charge on any atom is 0.427 e. The first-order chi connectivity index (χ1) is 5.07. The molecule has 0 aliphatic carbocycles. The number of amides is 1. The van der Waals surface area contributed by atoms with Gasteiger partial charge < -0.3 is 10.0 Å². The maximum absolute atomic E-state index is 10.3. The molecule has 0 heterocycles. The maximum atomic E-state index is 10.3. The molecule has 5 nitrogen and oxygen atoms in total. The van der Waals surface area contributed by atoms with Crippen LogP contribution in [0.4, 0.5) is 4.79 Å². The van der Waals surface area contributed by atoms with Gasteiger partial charge in [0.1, 0.15) is 6.34 Å². The van der Waals surface area contributed by atoms with Gasteiger partial charge in [-0.3, -0.25) is 0 Å². The van der Waals surface area contributed by atoms with Crippen molar-refractivity contribution in [2.75, 3.05) is 20.6 Å². The Morgan fingerprint density at radius 3 is 2.45 bits per heavy atom. The van der Waals surface area contributed by atoms with Crippen LogP contribution in [0.15, 0.2) is 5.10 Å². The summed E-state index contributed by atoms with van der Waals surface area (Å²) >= 11 is 0. The molecule has 0 rings (SSSR count). The second-order valence-corrected chi connectivity index (χ2v) is 2.19. The van der Waals surface area contributed by atoms with E-state index in [1.54, 1.807) is 25.9 Å². The van der Waals surface area contributed by atoms with Gasteiger partial charge in [0, 0.05) is 20.6 Å². The van der Waals surface area contributed by atoms with Crippen LogP contribution in [0.5, 0.6) is 0 Å². The van der Waals surface area contributed by atoms with Crippen LogP contribution in [0.3, 0.4) is 0 Å². The van der Waals surface area contributed by atoms with E-state index < -0.39 is 6.09 Å². The second kappa shape index (κ2) is 4.54. The van der Waals surface area contributed by atoms with E-state index in [2.05, 4.69) is 5.10 Å². The number of rotatable bonds is 3. The Morgan fingerprint density at radius 1 is 1.64 bits per heavy atom. The van der Waals surface area contributed by atoms with Crippen molar-refractivity contribution in [2.45, 2.75) is 6.92 Å². The van der Waals surface area contributed by atoms with Gasteiger partial charge in [-0.05, 0) is 6.92 Å². The van der Waals surface area contributed by atoms with Gasteiger partial charge >= 0.3 is 6.09 Å². The van der Waals surface area contributed by atoms with Gasteiger partial charge in [-0.1, -0.05) is 0 Å². The van der Waals surface area contributed by atoms with Gasteiger partial charge in [-0.2, -0.15) is 10.1 Å². The fraction of sp³-hybridized carbons (Fsp3) is 0.667. The van der Waals surface area contributed by atoms with Crippen LogP contribution in [-0.4, -0.2) is 48.1 Å². The first-order valence-electron chi connectivity index (χ1n) is 3.29. The fourth-order valence-corrected chi connectivity index (χ4v) is 0.432. The summed E-state index contributed by atoms with van der Waals surface area (Å²) in [5, 5.41) is 13.1. The summed E-state index contributed by atoms with van der Waals surface area (Å²) in [6.07, 6.45) is 0.406. The minimum atomic E-state index is -1.04. The van der Waals surface area contributed by atoms with E-state index in [-0.39, 0.29) is 0 Å². The minimum Gasteiger partial charge on any atom is -0.464 e. The molecule has 0 aromatic rings. The SMILES string of the molecule is CCN(N=CN(C)C)C(=O)O. The lowest BCUT2D eigenvalue weighted by atomic mass is 10.7. The highest BCUT2D eigenvalue weighted by Crippen LogP contribution is 1.88. The number of carbonyl (C=O) groups is 1. The Balaban J connectivity index is 3.97. The first kappa shape index (κ1) is 9.74. The van der Waals surface area contributed by atoms with Crippen molar-refractivity contribution in [3.05, 3.63) is 0 Å². The standard InChI is InChI=1S/C6H13N3O2/c1-4-9(6(10)11)7-5-8(2)3/h5H,4H2,1-3H3,(H,10,11). The Labute approximate surface area is 65.9 Å². The molecular formula is C6H13N3O2. The van der Waals surface area contributed by atoms with Crippen molar-refractivity contribution in [3.8, 4) is 0 Å². The predicted octanol–water partition coefficient (Wildman–Crippen LogP) is 0.491. The lowest BCUT2D eigenvalue weighted by molar-refractivity contribution is 0.149. The van der Waals surface area contributed by atoms with Gasteiger partial charge in [0.2, 0.25) is 0 Å². The van der Waals surface area contributed by atoms with Gasteiger partial charge in [0.05, 0.1) is 0 Å². The Morgan fingerprint density at radius 2 is 2.18 bits per heavy atom. The lowest BCUT2D eigenvalue weighted by Crippen LogP contribution is -2.25. The van der Waals surface area contributed by atoms with Crippen LogP contribution in [-0.2, 0) is 0 Å². The topological polar surface area (TPSA) is 56.1 Å². The molecule has 0 bridgehead atoms. The molecule has 0 spiro atoms. The van der Waals surface area contributed by atoms with E-state index >= 15 is 0 Å². The molecule has 1 amide bonds. The zero-order valence-electron chi connectivity index (χ0n) is 6.98. The zero-order chi connectivity index (χ0) is 8.85. The van der Waals surface area contributed by atoms with Gasteiger partial charge in [0.25, 0.3) is 0 Å². The summed E-state index contributed by atoms with van der Waals surface area (Å²) < 4.78 is 0. The van der Waals surface area contributed by atoms with Crippen molar-refractivity contribution in [1.82, 2.24) is 9.91 Å². The largest absolute Gasteiger partial charge is 0.464 e. The molecule has 0 unspecified atom stereocenters. The highest BCUT2D eigenvalue weighted by atomic mass is 16.4. The molecule has 0 saturated heterocycles. The zero-order valence-corrected chi connectivity index (χ0v) is 6.98. The average Bonchev–Trinajstić information content (AvgIpc) is 1.87. The molecule has 0 aliphatic heterocycles. The summed E-state index contributed by atoms with van der Waals surface area (Å²) in [6, 6.07) is 0. The molecular weight excluding hydrogens is 146 g/mol. The molecule has 0 fully saturated rings. The van der Waals surface area contributed by atoms with E-state index in [9.17, 15) is 4.79 Å². The monoisotopic (exact) mass is 159 g/mol. The summed E-state index contributed by atoms with van der Waals surface area (Å²) in [6.45, 7) is 2.08. The average molecular weight is 159 g/mol. The van der Waals surface area contributed by atoms with E-state index in [1.165, 1.54) is 6.34 Å². The molecule has 0 aromatic heterocycles. The van der Waals surface area contributed by atoms with Crippen LogP contribution in [0.2, 0.25) is 0 Å². The third-order valence-corrected chi connectivity index (χ3v) is 0.942. The van der Waals surface area contributed by atoms with Crippen LogP contribution >= 0.6 is 0 Å². The third kappa shape index (κ3) is 4.19. The fourth-order valence-electron chi connectivity index (χ4n) is 0.432. The number of nitrogens with zero attached hydrogens (tertiary/aromatic N) is 3. The number of hydrazone groups is 1. The lowest BCUT2D eigenvalue weighted by Gasteiger charge is -2.10. The molecule has 0 saturated carbocycles. The molecule has 0 radical (unpaired) electrons. The van der Waals surface area contributed by atoms with E-state index in [4.69, 9.17) is 5.11 Å². The second-order valence-electron chi connectivity index (χ2n) is 2.19. The predicted molar refractivity (Wildman–Crippen MR) is 42.6 cm³/mol. The van der Waals surface area contributed by atoms with Gasteiger partial charge in [-0.25, -0.2) is 4.79 Å². The van der Waals surface area contributed by atoms with E-state index in [1.807, 2.05) is 0 Å². The number of hydrogen-bond acceptors (Lipinski definition) is 2. The first-order valence-corrected chi connectivity index (χ1v) is 3.29. The van der Waals surface area contributed by atoms with Crippen LogP contribution < -0.4 is 0 Å². The minimum absolute atomic E-state index is 0.361. The normalized spacial score (nSPS) is 10.1. The van der Waals surface area contributed by atoms with Crippen LogP contribution in [0.25, 0.3) is 0 Å². The van der Waals surface area contributed by atoms with Gasteiger partial charge in [-0.15, -0.1) is 0 Å². The van der Waals surface area contributed by atoms with Crippen molar-refractivity contribution < 1.29 is 9.90 Å². The van der Waals surface area contributed by atoms with E-state index in [0.717, 1.165) is 5.01 Å². The van der Waals surface area contributed by atoms with Crippen molar-refractivity contribution >= 4 is 12.4 Å². The molecule has 0 atom stereocenters.